The molecule has 8 heteroatoms. The molecule has 8 heterocycles. The molecule has 0 saturated heterocycles. The summed E-state index contributed by atoms with van der Waals surface area (Å²) in [5.41, 5.74) is 31.6. The molecule has 0 unspecified atom stereocenters. The van der Waals surface area contributed by atoms with Crippen LogP contribution in [0.2, 0.25) is 0 Å². The van der Waals surface area contributed by atoms with Crippen LogP contribution in [0, 0.1) is 0 Å². The maximum Gasteiger partial charge on any atom is 0.333 e. The van der Waals surface area contributed by atoms with Crippen LogP contribution in [0.3, 0.4) is 0 Å². The van der Waals surface area contributed by atoms with E-state index in [-0.39, 0.29) is 13.7 Å². The first-order valence-electron chi connectivity index (χ1n) is 37.7. The lowest BCUT2D eigenvalue weighted by Crippen LogP contribution is -2.56. The Kier molecular flexibility index (Phi) is 11.1. The molecule has 22 aromatic rings. The molecule has 4 aliphatic rings. The topological polar surface area (TPSA) is 26.2 Å². The number of anilines is 6. The summed E-state index contributed by atoms with van der Waals surface area (Å²) < 4.78 is 10.6. The molecule has 18 aromatic carbocycles. The molecule has 0 radical (unpaired) electrons. The van der Waals surface area contributed by atoms with Gasteiger partial charge in [0.25, 0.3) is 0 Å². The number of hydrogen-bond donors (Lipinski definition) is 0. The van der Waals surface area contributed by atoms with E-state index in [1.807, 2.05) is 0 Å². The van der Waals surface area contributed by atoms with Crippen LogP contribution in [0.15, 0.2) is 352 Å². The van der Waals surface area contributed by atoms with E-state index < -0.39 is 0 Å². The Morgan fingerprint density at radius 2 is 0.713 bits per heavy atom. The molecule has 494 valence electrons. The molecular formula is C100H58B2N6. The van der Waals surface area contributed by atoms with E-state index in [0.29, 0.717) is 0 Å². The molecule has 0 aliphatic carbocycles. The monoisotopic (exact) mass is 1360 g/mol. The highest BCUT2D eigenvalue weighted by atomic mass is 15.2. The van der Waals surface area contributed by atoms with Crippen LogP contribution in [-0.4, -0.2) is 31.8 Å². The van der Waals surface area contributed by atoms with Crippen molar-refractivity contribution in [3.63, 3.8) is 0 Å². The van der Waals surface area contributed by atoms with Crippen molar-refractivity contribution in [3.05, 3.63) is 352 Å². The lowest BCUT2D eigenvalue weighted by Gasteiger charge is -2.42. The predicted molar refractivity (Wildman–Crippen MR) is 458 cm³/mol. The lowest BCUT2D eigenvalue weighted by molar-refractivity contribution is 1.17. The summed E-state index contributed by atoms with van der Waals surface area (Å²) >= 11 is 0. The fourth-order valence-electron chi connectivity index (χ4n) is 20.7. The fraction of sp³-hybridized carbons (Fsp3) is 0. The molecular weight excluding hydrogens is 1310 g/mol. The minimum atomic E-state index is -0.211. The summed E-state index contributed by atoms with van der Waals surface area (Å²) in [7, 11) is 0. The van der Waals surface area contributed by atoms with E-state index in [1.165, 1.54) is 208 Å². The summed E-state index contributed by atoms with van der Waals surface area (Å²) in [6.07, 6.45) is 0. The molecule has 6 nitrogen and oxygen atoms in total. The Labute approximate surface area is 620 Å². The normalized spacial score (nSPS) is 13.3. The second-order valence-corrected chi connectivity index (χ2v) is 30.1. The zero-order valence-corrected chi connectivity index (χ0v) is 58.3. The van der Waals surface area contributed by atoms with Crippen LogP contribution in [0.5, 0.6) is 0 Å². The van der Waals surface area contributed by atoms with E-state index in [9.17, 15) is 0 Å². The molecule has 0 saturated carbocycles. The highest BCUT2D eigenvalue weighted by Crippen LogP contribution is 2.56. The first-order valence-corrected chi connectivity index (χ1v) is 37.7. The average molecular weight is 1370 g/mol. The molecule has 108 heavy (non-hydrogen) atoms. The van der Waals surface area contributed by atoms with Gasteiger partial charge < -0.3 is 27.9 Å². The van der Waals surface area contributed by atoms with Crippen LogP contribution < -0.4 is 31.7 Å². The van der Waals surface area contributed by atoms with Crippen LogP contribution in [0.1, 0.15) is 0 Å². The van der Waals surface area contributed by atoms with Gasteiger partial charge in [0.1, 0.15) is 0 Å². The minimum Gasteiger partial charge on any atom is -0.375 e. The largest absolute Gasteiger partial charge is 0.375 e. The number of rotatable bonds is 5. The van der Waals surface area contributed by atoms with Crippen molar-refractivity contribution < 1.29 is 0 Å². The Morgan fingerprint density at radius 1 is 0.213 bits per heavy atom. The predicted octanol–water partition coefficient (Wildman–Crippen LogP) is 23.2. The Hall–Kier alpha value is -14.1. The Morgan fingerprint density at radius 3 is 1.41 bits per heavy atom. The van der Waals surface area contributed by atoms with Crippen LogP contribution in [0.4, 0.5) is 34.1 Å². The molecule has 0 N–H and O–H groups in total. The molecule has 0 atom stereocenters. The minimum absolute atomic E-state index is 0.153. The quantitative estimate of drug-likeness (QED) is 0.161. The molecule has 4 aromatic heterocycles. The van der Waals surface area contributed by atoms with Crippen molar-refractivity contribution in [1.82, 2.24) is 18.1 Å². The van der Waals surface area contributed by atoms with Gasteiger partial charge >= 0.3 is 13.7 Å². The fourth-order valence-corrected chi connectivity index (χ4v) is 20.7. The van der Waals surface area contributed by atoms with Gasteiger partial charge in [0.05, 0.1) is 44.8 Å². The van der Waals surface area contributed by atoms with Crippen molar-refractivity contribution in [2.45, 2.75) is 0 Å². The highest BCUT2D eigenvalue weighted by Gasteiger charge is 2.48. The van der Waals surface area contributed by atoms with Crippen molar-refractivity contribution in [1.29, 1.82) is 0 Å². The molecule has 0 bridgehead atoms. The van der Waals surface area contributed by atoms with Crippen molar-refractivity contribution >= 4 is 200 Å². The van der Waals surface area contributed by atoms with Gasteiger partial charge in [0, 0.05) is 110 Å². The lowest BCUT2D eigenvalue weighted by atomic mass is 9.44. The number of fused-ring (bicyclic) bond motifs is 27. The van der Waals surface area contributed by atoms with Crippen LogP contribution in [-0.2, 0) is 0 Å². The van der Waals surface area contributed by atoms with Gasteiger partial charge in [0.2, 0.25) is 0 Å². The summed E-state index contributed by atoms with van der Waals surface area (Å²) in [5, 5.41) is 19.6. The van der Waals surface area contributed by atoms with Crippen molar-refractivity contribution in [2.75, 3.05) is 9.80 Å². The second kappa shape index (κ2) is 20.9. The Bertz CT molecular complexity index is 7850. The first-order chi connectivity index (χ1) is 53.6. The highest BCUT2D eigenvalue weighted by molar-refractivity contribution is 6.91. The van der Waals surface area contributed by atoms with Gasteiger partial charge in [-0.05, 0) is 167 Å². The van der Waals surface area contributed by atoms with Crippen molar-refractivity contribution in [2.24, 2.45) is 0 Å². The number of aromatic nitrogens is 4. The second-order valence-electron chi connectivity index (χ2n) is 30.1. The number of para-hydroxylation sites is 7. The van der Waals surface area contributed by atoms with E-state index in [2.05, 4.69) is 380 Å². The number of hydrogen-bond acceptors (Lipinski definition) is 2. The smallest absolute Gasteiger partial charge is 0.333 e. The summed E-state index contributed by atoms with van der Waals surface area (Å²) in [6, 6.07) is 134. The zero-order chi connectivity index (χ0) is 69.9. The van der Waals surface area contributed by atoms with E-state index in [4.69, 9.17) is 0 Å². The summed E-state index contributed by atoms with van der Waals surface area (Å²) in [4.78, 5) is 5.35. The van der Waals surface area contributed by atoms with Gasteiger partial charge in [-0.15, -0.1) is 0 Å². The number of benzene rings is 18. The maximum atomic E-state index is 2.75. The molecule has 4 aliphatic heterocycles. The summed E-state index contributed by atoms with van der Waals surface area (Å²) in [5.74, 6) is 0. The third-order valence-electron chi connectivity index (χ3n) is 24.9. The third-order valence-corrected chi connectivity index (χ3v) is 24.9. The Balaban J connectivity index is 0.751. The van der Waals surface area contributed by atoms with Gasteiger partial charge in [-0.25, -0.2) is 0 Å². The SMILES string of the molecule is c1ccc(-n2c3ccccc3c3cc4c5c(c32)N(c2ccc3ccccc3c2)c2cc3ccccc3cc2B5n2c3ccccc3c3c(-c5ccc6c(N7c8c(ccc9ccccc89)B8c9c(cc%10c%11ccccc%11n(-c%11ccccc%11)c%10c97)-c7cccc9c%10ccccc%10n8c79)cccc6c5)ccc-4c32)cc1. The van der Waals surface area contributed by atoms with E-state index in [0.717, 1.165) is 22.7 Å². The van der Waals surface area contributed by atoms with Gasteiger partial charge in [0.15, 0.2) is 0 Å². The van der Waals surface area contributed by atoms with Crippen LogP contribution >= 0.6 is 0 Å². The van der Waals surface area contributed by atoms with Gasteiger partial charge in [-0.1, -0.05) is 261 Å². The molecule has 0 fully saturated rings. The average Bonchev–Trinajstić information content (AvgIpc) is 1.46. The van der Waals surface area contributed by atoms with Crippen molar-refractivity contribution in [3.8, 4) is 44.8 Å². The van der Waals surface area contributed by atoms with E-state index in [1.54, 1.807) is 0 Å². The van der Waals surface area contributed by atoms with Gasteiger partial charge in [-0.3, -0.25) is 0 Å². The standard InChI is InChI=1S/C100H58B2N6/c1-3-29-66(30-4-1)103-86-40-17-13-35-73(86)81-58-80-77-51-50-70(91-78-37-16-20-43-89(78)108(96(77)91)102-84-55-62-26-9-10-27-63(62)56-90(84)105(99(92(80)102)97(81)103)68-48-45-59-23-7-8-25-61(59)54-68)65-46-49-69-64(53-65)28-21-44-85(69)106-95-71-33-12-11-24-60(71)47-52-83(95)101-93-79(76-39-22-38-75-72-34-15-19-42-88(72)107(101)94(75)76)57-82-74-36-14-18-41-87(74)104(98(82)100(93)106)67-31-5-2-6-32-67/h1-58H. The van der Waals surface area contributed by atoms with Crippen LogP contribution in [0.25, 0.3) is 175 Å². The number of nitrogens with zero attached hydrogens (tertiary/aromatic N) is 6. The van der Waals surface area contributed by atoms with Gasteiger partial charge in [-0.2, -0.15) is 0 Å². The summed E-state index contributed by atoms with van der Waals surface area (Å²) in [6.45, 7) is -0.364. The molecule has 0 spiro atoms. The molecule has 0 amide bonds. The zero-order valence-electron chi connectivity index (χ0n) is 58.3. The maximum absolute atomic E-state index is 2.75. The van der Waals surface area contributed by atoms with E-state index >= 15 is 0 Å². The third kappa shape index (κ3) is 7.29. The first kappa shape index (κ1) is 57.3. The molecule has 26 rings (SSSR count).